The summed E-state index contributed by atoms with van der Waals surface area (Å²) in [6, 6.07) is 7.58. The van der Waals surface area contributed by atoms with Crippen molar-refractivity contribution in [3.63, 3.8) is 0 Å². The van der Waals surface area contributed by atoms with Gasteiger partial charge in [0.1, 0.15) is 0 Å². The smallest absolute Gasteiger partial charge is 0.308 e. The maximum atomic E-state index is 11.7. The Morgan fingerprint density at radius 2 is 1.86 bits per heavy atom. The fourth-order valence-electron chi connectivity index (χ4n) is 1.50. The van der Waals surface area contributed by atoms with Crippen molar-refractivity contribution in [3.8, 4) is 0 Å². The Morgan fingerprint density at radius 3 is 2.43 bits per heavy atom. The van der Waals surface area contributed by atoms with Crippen LogP contribution in [-0.4, -0.2) is 21.8 Å². The number of rotatable bonds is 3. The molecule has 0 saturated heterocycles. The van der Waals surface area contributed by atoms with Crippen LogP contribution in [-0.2, 0) is 0 Å². The largest absolute Gasteiger partial charge is 0.326 e. The number of carbonyl (C=O) groups is 2. The van der Waals surface area contributed by atoms with Gasteiger partial charge in [-0.3, -0.25) is 25.2 Å². The number of nitro benzene ring substituents is 1. The molecule has 8 nitrogen and oxygen atoms in total. The number of pyridine rings is 1. The molecule has 0 bridgehead atoms. The molecule has 3 amide bonds. The maximum absolute atomic E-state index is 11.7. The number of carbonyl (C=O) groups excluding carboxylic acids is 2. The number of benzene rings is 1. The molecular weight excluding hydrogens is 276 g/mol. The van der Waals surface area contributed by atoms with Crippen LogP contribution in [0.4, 0.5) is 16.2 Å². The summed E-state index contributed by atoms with van der Waals surface area (Å²) in [7, 11) is 0. The summed E-state index contributed by atoms with van der Waals surface area (Å²) in [5.74, 6) is -0.595. The van der Waals surface area contributed by atoms with Gasteiger partial charge in [0.05, 0.1) is 10.5 Å². The lowest BCUT2D eigenvalue weighted by Crippen LogP contribution is -2.34. The molecule has 1 aromatic heterocycles. The van der Waals surface area contributed by atoms with E-state index in [1.165, 1.54) is 42.7 Å². The number of amides is 3. The van der Waals surface area contributed by atoms with Gasteiger partial charge in [-0.15, -0.1) is 0 Å². The molecule has 1 heterocycles. The van der Waals surface area contributed by atoms with Crippen molar-refractivity contribution in [1.82, 2.24) is 10.3 Å². The number of urea groups is 1. The second kappa shape index (κ2) is 6.24. The van der Waals surface area contributed by atoms with Gasteiger partial charge in [-0.25, -0.2) is 4.79 Å². The Hall–Kier alpha value is -3.29. The molecule has 2 aromatic rings. The summed E-state index contributed by atoms with van der Waals surface area (Å²) < 4.78 is 0. The number of nitrogens with zero attached hydrogens (tertiary/aromatic N) is 2. The van der Waals surface area contributed by atoms with Crippen LogP contribution in [0.1, 0.15) is 10.4 Å². The number of nitrogens with one attached hydrogen (secondary N) is 2. The molecular formula is C13H10N4O4. The average molecular weight is 286 g/mol. The molecule has 0 atom stereocenters. The van der Waals surface area contributed by atoms with Crippen LogP contribution in [0.5, 0.6) is 0 Å². The fraction of sp³-hybridized carbons (Fsp3) is 0. The minimum atomic E-state index is -0.738. The van der Waals surface area contributed by atoms with E-state index in [0.717, 1.165) is 0 Å². The van der Waals surface area contributed by atoms with E-state index in [1.807, 2.05) is 0 Å². The summed E-state index contributed by atoms with van der Waals surface area (Å²) in [6.07, 6.45) is 2.84. The van der Waals surface area contributed by atoms with E-state index in [0.29, 0.717) is 5.69 Å². The quantitative estimate of drug-likeness (QED) is 0.661. The standard InChI is InChI=1S/C13H10N4O4/c18-12(9-2-1-7-14-8-9)16-13(19)15-10-3-5-11(6-4-10)17(20)21/h1-8H,(H2,15,16,18,19). The van der Waals surface area contributed by atoms with Crippen molar-refractivity contribution in [2.24, 2.45) is 0 Å². The van der Waals surface area contributed by atoms with Crippen molar-refractivity contribution >= 4 is 23.3 Å². The molecule has 2 rings (SSSR count). The lowest BCUT2D eigenvalue weighted by molar-refractivity contribution is -0.384. The number of non-ortho nitro benzene ring substituents is 1. The Balaban J connectivity index is 1.95. The highest BCUT2D eigenvalue weighted by Gasteiger charge is 2.11. The van der Waals surface area contributed by atoms with Crippen molar-refractivity contribution in [2.45, 2.75) is 0 Å². The summed E-state index contributed by atoms with van der Waals surface area (Å²) in [5, 5.41) is 15.0. The molecule has 0 radical (unpaired) electrons. The fourth-order valence-corrected chi connectivity index (χ4v) is 1.50. The predicted octanol–water partition coefficient (Wildman–Crippen LogP) is 1.95. The van der Waals surface area contributed by atoms with E-state index in [-0.39, 0.29) is 11.3 Å². The molecule has 0 spiro atoms. The molecule has 8 heteroatoms. The third kappa shape index (κ3) is 3.83. The Bertz CT molecular complexity index is 670. The summed E-state index contributed by atoms with van der Waals surface area (Å²) in [5.41, 5.74) is 0.487. The van der Waals surface area contributed by atoms with Crippen molar-refractivity contribution < 1.29 is 14.5 Å². The molecule has 0 aliphatic carbocycles. The molecule has 1 aromatic carbocycles. The van der Waals surface area contributed by atoms with E-state index in [9.17, 15) is 19.7 Å². The van der Waals surface area contributed by atoms with E-state index in [1.54, 1.807) is 6.07 Å². The summed E-state index contributed by atoms with van der Waals surface area (Å²) in [6.45, 7) is 0. The van der Waals surface area contributed by atoms with Crippen LogP contribution in [0, 0.1) is 10.1 Å². The van der Waals surface area contributed by atoms with E-state index >= 15 is 0 Å². The molecule has 0 unspecified atom stereocenters. The highest BCUT2D eigenvalue weighted by molar-refractivity contribution is 6.07. The second-order valence-corrected chi connectivity index (χ2v) is 3.95. The van der Waals surface area contributed by atoms with Gasteiger partial charge in [0.2, 0.25) is 0 Å². The van der Waals surface area contributed by atoms with Crippen LogP contribution in [0.3, 0.4) is 0 Å². The number of aromatic nitrogens is 1. The number of anilines is 1. The molecule has 2 N–H and O–H groups in total. The van der Waals surface area contributed by atoms with Gasteiger partial charge in [0, 0.05) is 30.2 Å². The van der Waals surface area contributed by atoms with Crippen LogP contribution in [0.25, 0.3) is 0 Å². The normalized spacial score (nSPS) is 9.71. The molecule has 0 aliphatic heterocycles. The Labute approximate surface area is 119 Å². The highest BCUT2D eigenvalue weighted by Crippen LogP contribution is 2.15. The first-order chi connectivity index (χ1) is 10.1. The number of hydrogen-bond acceptors (Lipinski definition) is 5. The average Bonchev–Trinajstić information content (AvgIpc) is 2.48. The Kier molecular flexibility index (Phi) is 4.20. The monoisotopic (exact) mass is 286 g/mol. The zero-order chi connectivity index (χ0) is 15.2. The summed E-state index contributed by atoms with van der Waals surface area (Å²) in [4.78, 5) is 37.0. The SMILES string of the molecule is O=C(NC(=O)c1cccnc1)Nc1ccc([N+](=O)[O-])cc1. The van der Waals surface area contributed by atoms with E-state index in [4.69, 9.17) is 0 Å². The number of nitro groups is 1. The van der Waals surface area contributed by atoms with Crippen molar-refractivity contribution in [2.75, 3.05) is 5.32 Å². The first kappa shape index (κ1) is 14.1. The minimum absolute atomic E-state index is 0.0904. The van der Waals surface area contributed by atoms with Crippen LogP contribution in [0.2, 0.25) is 0 Å². The number of hydrogen-bond donors (Lipinski definition) is 2. The number of imide groups is 1. The summed E-state index contributed by atoms with van der Waals surface area (Å²) >= 11 is 0. The molecule has 21 heavy (non-hydrogen) atoms. The van der Waals surface area contributed by atoms with Crippen molar-refractivity contribution in [3.05, 3.63) is 64.5 Å². The predicted molar refractivity (Wildman–Crippen MR) is 73.8 cm³/mol. The van der Waals surface area contributed by atoms with Gasteiger partial charge in [0.15, 0.2) is 0 Å². The lowest BCUT2D eigenvalue weighted by Gasteiger charge is -2.06. The van der Waals surface area contributed by atoms with Crippen LogP contribution in [0.15, 0.2) is 48.8 Å². The highest BCUT2D eigenvalue weighted by atomic mass is 16.6. The van der Waals surface area contributed by atoms with Gasteiger partial charge in [0.25, 0.3) is 11.6 Å². The third-order valence-corrected chi connectivity index (χ3v) is 2.49. The minimum Gasteiger partial charge on any atom is -0.308 e. The van der Waals surface area contributed by atoms with Crippen molar-refractivity contribution in [1.29, 1.82) is 0 Å². The van der Waals surface area contributed by atoms with Gasteiger partial charge >= 0.3 is 6.03 Å². The van der Waals surface area contributed by atoms with Gasteiger partial charge in [-0.05, 0) is 24.3 Å². The molecule has 0 fully saturated rings. The zero-order valence-electron chi connectivity index (χ0n) is 10.6. The molecule has 106 valence electrons. The third-order valence-electron chi connectivity index (χ3n) is 2.49. The first-order valence-corrected chi connectivity index (χ1v) is 5.83. The maximum Gasteiger partial charge on any atom is 0.326 e. The van der Waals surface area contributed by atoms with Gasteiger partial charge in [-0.2, -0.15) is 0 Å². The molecule has 0 saturated carbocycles. The lowest BCUT2D eigenvalue weighted by atomic mass is 10.2. The van der Waals surface area contributed by atoms with Crippen LogP contribution < -0.4 is 10.6 Å². The second-order valence-electron chi connectivity index (χ2n) is 3.95. The van der Waals surface area contributed by atoms with E-state index in [2.05, 4.69) is 15.6 Å². The molecule has 0 aliphatic rings. The Morgan fingerprint density at radius 1 is 1.14 bits per heavy atom. The first-order valence-electron chi connectivity index (χ1n) is 5.83. The zero-order valence-corrected chi connectivity index (χ0v) is 10.6. The van der Waals surface area contributed by atoms with Gasteiger partial charge in [-0.1, -0.05) is 0 Å². The van der Waals surface area contributed by atoms with Crippen LogP contribution >= 0.6 is 0 Å². The van der Waals surface area contributed by atoms with E-state index < -0.39 is 16.9 Å². The topological polar surface area (TPSA) is 114 Å². The van der Waals surface area contributed by atoms with Gasteiger partial charge < -0.3 is 5.32 Å².